The van der Waals surface area contributed by atoms with Gasteiger partial charge in [-0.15, -0.1) is 0 Å². The minimum Gasteiger partial charge on any atom is -0.326 e. The topological polar surface area (TPSA) is 43.8 Å². The molecule has 0 saturated carbocycles. The summed E-state index contributed by atoms with van der Waals surface area (Å²) in [5.74, 6) is 0. The van der Waals surface area contributed by atoms with Crippen molar-refractivity contribution in [3.05, 3.63) is 51.8 Å². The van der Waals surface area contributed by atoms with Gasteiger partial charge in [-0.25, -0.2) is 0 Å². The van der Waals surface area contributed by atoms with Crippen LogP contribution in [0.4, 0.5) is 0 Å². The van der Waals surface area contributed by atoms with Crippen LogP contribution >= 0.6 is 15.9 Å². The van der Waals surface area contributed by atoms with Gasteiger partial charge in [0.25, 0.3) is 0 Å². The average molecular weight is 294 g/mol. The van der Waals surface area contributed by atoms with Gasteiger partial charge in [-0.05, 0) is 18.1 Å². The van der Waals surface area contributed by atoms with Crippen LogP contribution < -0.4 is 5.73 Å². The molecule has 0 saturated heterocycles. The van der Waals surface area contributed by atoms with E-state index in [4.69, 9.17) is 5.73 Å². The SMILES string of the molecule is CCc1c(CN)cnn1Cc1ccccc1Br. The Morgan fingerprint density at radius 3 is 2.71 bits per heavy atom. The van der Waals surface area contributed by atoms with E-state index in [0.29, 0.717) is 6.54 Å². The molecule has 0 radical (unpaired) electrons. The molecule has 1 aromatic carbocycles. The van der Waals surface area contributed by atoms with E-state index in [0.717, 1.165) is 23.0 Å². The number of halogens is 1. The van der Waals surface area contributed by atoms with E-state index in [9.17, 15) is 0 Å². The van der Waals surface area contributed by atoms with Crippen molar-refractivity contribution in [1.82, 2.24) is 9.78 Å². The summed E-state index contributed by atoms with van der Waals surface area (Å²) in [6.07, 6.45) is 2.83. The van der Waals surface area contributed by atoms with Gasteiger partial charge in [0.15, 0.2) is 0 Å². The fraction of sp³-hybridized carbons (Fsp3) is 0.308. The standard InChI is InChI=1S/C13H16BrN3/c1-2-13-11(7-15)8-16-17(13)9-10-5-3-4-6-12(10)14/h3-6,8H,2,7,9,15H2,1H3. The summed E-state index contributed by atoms with van der Waals surface area (Å²) in [5.41, 5.74) is 9.29. The minimum absolute atomic E-state index is 0.555. The first-order valence-electron chi connectivity index (χ1n) is 5.73. The zero-order chi connectivity index (χ0) is 12.3. The zero-order valence-electron chi connectivity index (χ0n) is 9.86. The summed E-state index contributed by atoms with van der Waals surface area (Å²) in [7, 11) is 0. The predicted molar refractivity (Wildman–Crippen MR) is 72.7 cm³/mol. The van der Waals surface area contributed by atoms with Crippen molar-refractivity contribution in [2.75, 3.05) is 0 Å². The first-order chi connectivity index (χ1) is 8.26. The van der Waals surface area contributed by atoms with Crippen molar-refractivity contribution in [2.24, 2.45) is 5.73 Å². The van der Waals surface area contributed by atoms with Crippen molar-refractivity contribution < 1.29 is 0 Å². The van der Waals surface area contributed by atoms with Crippen LogP contribution in [0.5, 0.6) is 0 Å². The smallest absolute Gasteiger partial charge is 0.0673 e. The van der Waals surface area contributed by atoms with Crippen molar-refractivity contribution in [3.8, 4) is 0 Å². The van der Waals surface area contributed by atoms with E-state index in [-0.39, 0.29) is 0 Å². The second kappa shape index (κ2) is 5.47. The van der Waals surface area contributed by atoms with Crippen molar-refractivity contribution in [2.45, 2.75) is 26.4 Å². The second-order valence-corrected chi connectivity index (χ2v) is 4.78. The summed E-state index contributed by atoms with van der Waals surface area (Å²) in [6, 6.07) is 8.21. The summed E-state index contributed by atoms with van der Waals surface area (Å²) >= 11 is 3.56. The van der Waals surface area contributed by atoms with Gasteiger partial charge >= 0.3 is 0 Å². The van der Waals surface area contributed by atoms with E-state index in [1.54, 1.807) is 0 Å². The van der Waals surface area contributed by atoms with Crippen LogP contribution in [0.3, 0.4) is 0 Å². The Balaban J connectivity index is 2.30. The molecule has 17 heavy (non-hydrogen) atoms. The molecule has 0 amide bonds. The molecule has 0 atom stereocenters. The van der Waals surface area contributed by atoms with E-state index < -0.39 is 0 Å². The highest BCUT2D eigenvalue weighted by Gasteiger charge is 2.09. The number of rotatable bonds is 4. The van der Waals surface area contributed by atoms with Crippen molar-refractivity contribution in [3.63, 3.8) is 0 Å². The number of nitrogens with zero attached hydrogens (tertiary/aromatic N) is 2. The Morgan fingerprint density at radius 1 is 1.29 bits per heavy atom. The first kappa shape index (κ1) is 12.3. The molecule has 1 aromatic heterocycles. The van der Waals surface area contributed by atoms with E-state index in [1.807, 2.05) is 29.1 Å². The van der Waals surface area contributed by atoms with Gasteiger partial charge in [-0.3, -0.25) is 4.68 Å². The lowest BCUT2D eigenvalue weighted by Crippen LogP contribution is -2.08. The van der Waals surface area contributed by atoms with Crippen molar-refractivity contribution in [1.29, 1.82) is 0 Å². The zero-order valence-corrected chi connectivity index (χ0v) is 11.4. The van der Waals surface area contributed by atoms with Gasteiger partial charge < -0.3 is 5.73 Å². The van der Waals surface area contributed by atoms with Crippen LogP contribution in [0, 0.1) is 0 Å². The van der Waals surface area contributed by atoms with Gasteiger partial charge in [-0.1, -0.05) is 41.1 Å². The molecule has 4 heteroatoms. The van der Waals surface area contributed by atoms with Gasteiger partial charge in [0, 0.05) is 22.3 Å². The molecule has 0 bridgehead atoms. The molecule has 0 aliphatic heterocycles. The second-order valence-electron chi connectivity index (χ2n) is 3.92. The maximum atomic E-state index is 5.70. The first-order valence-corrected chi connectivity index (χ1v) is 6.52. The molecule has 2 aromatic rings. The Bertz CT molecular complexity index is 505. The van der Waals surface area contributed by atoms with Crippen LogP contribution in [0.25, 0.3) is 0 Å². The molecule has 0 fully saturated rings. The molecule has 0 spiro atoms. The average Bonchev–Trinajstić information content (AvgIpc) is 2.74. The molecule has 0 unspecified atom stereocenters. The van der Waals surface area contributed by atoms with Crippen LogP contribution in [-0.4, -0.2) is 9.78 Å². The number of hydrogen-bond acceptors (Lipinski definition) is 2. The van der Waals surface area contributed by atoms with Gasteiger partial charge in [0.1, 0.15) is 0 Å². The number of aromatic nitrogens is 2. The molecular weight excluding hydrogens is 278 g/mol. The summed E-state index contributed by atoms with van der Waals surface area (Å²) < 4.78 is 3.15. The Labute approximate surface area is 110 Å². The number of benzene rings is 1. The van der Waals surface area contributed by atoms with Gasteiger partial charge in [-0.2, -0.15) is 5.10 Å². The summed E-state index contributed by atoms with van der Waals surface area (Å²) in [4.78, 5) is 0. The monoisotopic (exact) mass is 293 g/mol. The third-order valence-electron chi connectivity index (χ3n) is 2.87. The maximum absolute atomic E-state index is 5.70. The normalized spacial score (nSPS) is 10.8. The lowest BCUT2D eigenvalue weighted by Gasteiger charge is -2.09. The third-order valence-corrected chi connectivity index (χ3v) is 3.64. The van der Waals surface area contributed by atoms with Crippen LogP contribution in [0.2, 0.25) is 0 Å². The van der Waals surface area contributed by atoms with E-state index in [1.165, 1.54) is 11.3 Å². The lowest BCUT2D eigenvalue weighted by molar-refractivity contribution is 0.646. The fourth-order valence-corrected chi connectivity index (χ4v) is 2.36. The summed E-state index contributed by atoms with van der Waals surface area (Å²) in [5, 5.41) is 4.41. The predicted octanol–water partition coefficient (Wildman–Crippen LogP) is 2.72. The van der Waals surface area contributed by atoms with Crippen LogP contribution in [0.15, 0.2) is 34.9 Å². The molecule has 90 valence electrons. The Hall–Kier alpha value is -1.13. The molecule has 3 nitrogen and oxygen atoms in total. The minimum atomic E-state index is 0.555. The summed E-state index contributed by atoms with van der Waals surface area (Å²) in [6.45, 7) is 3.47. The van der Waals surface area contributed by atoms with E-state index >= 15 is 0 Å². The largest absolute Gasteiger partial charge is 0.326 e. The van der Waals surface area contributed by atoms with Gasteiger partial charge in [0.05, 0.1) is 12.7 Å². The van der Waals surface area contributed by atoms with Crippen LogP contribution in [0.1, 0.15) is 23.7 Å². The highest BCUT2D eigenvalue weighted by molar-refractivity contribution is 9.10. The number of hydrogen-bond donors (Lipinski definition) is 1. The highest BCUT2D eigenvalue weighted by Crippen LogP contribution is 2.18. The van der Waals surface area contributed by atoms with Gasteiger partial charge in [0.2, 0.25) is 0 Å². The number of nitrogens with two attached hydrogens (primary N) is 1. The molecule has 2 rings (SSSR count). The molecule has 0 aliphatic carbocycles. The van der Waals surface area contributed by atoms with Crippen LogP contribution in [-0.2, 0) is 19.5 Å². The fourth-order valence-electron chi connectivity index (χ4n) is 1.95. The quantitative estimate of drug-likeness (QED) is 0.942. The van der Waals surface area contributed by atoms with E-state index in [2.05, 4.69) is 34.0 Å². The maximum Gasteiger partial charge on any atom is 0.0673 e. The molecule has 0 aliphatic rings. The third kappa shape index (κ3) is 2.58. The lowest BCUT2D eigenvalue weighted by atomic mass is 10.2. The Kier molecular flexibility index (Phi) is 3.97. The Morgan fingerprint density at radius 2 is 2.06 bits per heavy atom. The molecule has 1 heterocycles. The molecule has 2 N–H and O–H groups in total. The highest BCUT2D eigenvalue weighted by atomic mass is 79.9. The van der Waals surface area contributed by atoms with Crippen molar-refractivity contribution >= 4 is 15.9 Å². The molecular formula is C13H16BrN3.